The Bertz CT molecular complexity index is 546. The van der Waals surface area contributed by atoms with E-state index in [2.05, 4.69) is 31.7 Å². The van der Waals surface area contributed by atoms with Crippen molar-refractivity contribution in [3.05, 3.63) is 40.6 Å². The van der Waals surface area contributed by atoms with Gasteiger partial charge in [0.2, 0.25) is 0 Å². The van der Waals surface area contributed by atoms with E-state index in [9.17, 15) is 4.79 Å². The third kappa shape index (κ3) is 2.42. The largest absolute Gasteiger partial charge is 0.344 e. The maximum absolute atomic E-state index is 11.5. The van der Waals surface area contributed by atoms with Crippen LogP contribution in [-0.2, 0) is 10.2 Å². The molecule has 1 heterocycles. The lowest BCUT2D eigenvalue weighted by Crippen LogP contribution is -2.27. The minimum Gasteiger partial charge on any atom is -0.344 e. The topological polar surface area (TPSA) is 20.3 Å². The van der Waals surface area contributed by atoms with E-state index in [1.807, 2.05) is 12.1 Å². The number of benzene rings is 1. The summed E-state index contributed by atoms with van der Waals surface area (Å²) in [5.41, 5.74) is 3.25. The average Bonchev–Trinajstić information content (AvgIpc) is 2.51. The number of hydrogen-bond acceptors (Lipinski definition) is 2. The molecule has 0 fully saturated rings. The smallest absolute Gasteiger partial charge is 0.154 e. The van der Waals surface area contributed by atoms with Crippen LogP contribution in [0.3, 0.4) is 0 Å². The van der Waals surface area contributed by atoms with Crippen molar-refractivity contribution in [1.82, 2.24) is 0 Å². The highest BCUT2D eigenvalue weighted by Crippen LogP contribution is 2.48. The first-order valence-corrected chi connectivity index (χ1v) is 7.06. The average molecular weight is 278 g/mol. The second-order valence-corrected chi connectivity index (χ2v) is 6.01. The lowest BCUT2D eigenvalue weighted by Gasteiger charge is -2.26. The highest BCUT2D eigenvalue weighted by Gasteiger charge is 2.39. The molecule has 0 unspecified atom stereocenters. The Balaban J connectivity index is 2.62. The highest BCUT2D eigenvalue weighted by atomic mass is 35.5. The van der Waals surface area contributed by atoms with Crippen molar-refractivity contribution in [3.63, 3.8) is 0 Å². The Morgan fingerprint density at radius 2 is 2.11 bits per heavy atom. The Hall–Kier alpha value is -1.28. The summed E-state index contributed by atoms with van der Waals surface area (Å²) in [6.07, 6.45) is 2.79. The molecule has 0 aliphatic carbocycles. The molecule has 0 saturated carbocycles. The minimum atomic E-state index is -0.179. The molecule has 0 amide bonds. The summed E-state index contributed by atoms with van der Waals surface area (Å²) in [4.78, 5) is 13.8. The van der Waals surface area contributed by atoms with E-state index in [0.29, 0.717) is 0 Å². The first-order valence-electron chi connectivity index (χ1n) is 6.68. The third-order valence-corrected chi connectivity index (χ3v) is 3.88. The predicted octanol–water partition coefficient (Wildman–Crippen LogP) is 4.32. The van der Waals surface area contributed by atoms with Crippen molar-refractivity contribution < 1.29 is 4.79 Å². The number of ketones is 1. The molecule has 3 heteroatoms. The molecule has 1 aromatic rings. The van der Waals surface area contributed by atoms with E-state index in [0.717, 1.165) is 23.7 Å². The fourth-order valence-corrected chi connectivity index (χ4v) is 2.94. The third-order valence-electron chi connectivity index (χ3n) is 3.64. The number of carbonyl (C=O) groups is 1. The molecule has 0 radical (unpaired) electrons. The van der Waals surface area contributed by atoms with Crippen LogP contribution in [0.5, 0.6) is 0 Å². The van der Waals surface area contributed by atoms with Crippen LogP contribution in [0.2, 0.25) is 5.02 Å². The fourth-order valence-electron chi connectivity index (χ4n) is 2.76. The van der Waals surface area contributed by atoms with Gasteiger partial charge in [-0.15, -0.1) is 0 Å². The van der Waals surface area contributed by atoms with Crippen LogP contribution in [0.15, 0.2) is 30.0 Å². The molecule has 0 aromatic heterocycles. The van der Waals surface area contributed by atoms with Crippen molar-refractivity contribution in [1.29, 1.82) is 0 Å². The van der Waals surface area contributed by atoms with E-state index in [1.54, 1.807) is 13.0 Å². The van der Waals surface area contributed by atoms with Gasteiger partial charge in [-0.05, 0) is 37.1 Å². The van der Waals surface area contributed by atoms with E-state index in [1.165, 1.54) is 11.3 Å². The lowest BCUT2D eigenvalue weighted by molar-refractivity contribution is -0.112. The van der Waals surface area contributed by atoms with Gasteiger partial charge in [0.15, 0.2) is 5.78 Å². The molecular weight excluding hydrogens is 258 g/mol. The van der Waals surface area contributed by atoms with Gasteiger partial charge in [-0.25, -0.2) is 0 Å². The van der Waals surface area contributed by atoms with Crippen LogP contribution in [0.1, 0.15) is 39.7 Å². The fraction of sp³-hybridized carbons (Fsp3) is 0.438. The second-order valence-electron chi connectivity index (χ2n) is 5.58. The summed E-state index contributed by atoms with van der Waals surface area (Å²) in [7, 11) is 0. The lowest BCUT2D eigenvalue weighted by atomic mass is 9.83. The molecule has 1 aliphatic rings. The first kappa shape index (κ1) is 14.1. The van der Waals surface area contributed by atoms with Crippen LogP contribution in [-0.4, -0.2) is 12.3 Å². The quantitative estimate of drug-likeness (QED) is 0.767. The first-order chi connectivity index (χ1) is 8.87. The maximum atomic E-state index is 11.5. The standard InChI is InChI=1S/C16H20ClNO/c1-5-8-18-14-7-6-12(17)10-13(14)16(3,4)15(18)9-11(2)19/h6-7,9-10H,5,8H2,1-4H3. The van der Waals surface area contributed by atoms with Crippen LogP contribution < -0.4 is 4.90 Å². The maximum Gasteiger partial charge on any atom is 0.154 e. The van der Waals surface area contributed by atoms with Crippen molar-refractivity contribution in [2.45, 2.75) is 39.5 Å². The number of rotatable bonds is 3. The number of hydrogen-bond donors (Lipinski definition) is 0. The summed E-state index contributed by atoms with van der Waals surface area (Å²) < 4.78 is 0. The van der Waals surface area contributed by atoms with Crippen molar-refractivity contribution in [2.75, 3.05) is 11.4 Å². The monoisotopic (exact) mass is 277 g/mol. The van der Waals surface area contributed by atoms with Gasteiger partial charge in [0, 0.05) is 34.4 Å². The zero-order valence-electron chi connectivity index (χ0n) is 12.0. The van der Waals surface area contributed by atoms with E-state index in [4.69, 9.17) is 11.6 Å². The van der Waals surface area contributed by atoms with Gasteiger partial charge in [0.1, 0.15) is 0 Å². The number of anilines is 1. The van der Waals surface area contributed by atoms with Crippen LogP contribution in [0.4, 0.5) is 5.69 Å². The van der Waals surface area contributed by atoms with Crippen molar-refractivity contribution >= 4 is 23.1 Å². The van der Waals surface area contributed by atoms with Crippen LogP contribution in [0.25, 0.3) is 0 Å². The molecule has 0 spiro atoms. The van der Waals surface area contributed by atoms with Crippen LogP contribution in [0, 0.1) is 0 Å². The summed E-state index contributed by atoms with van der Waals surface area (Å²) >= 11 is 6.12. The van der Waals surface area contributed by atoms with E-state index in [-0.39, 0.29) is 11.2 Å². The van der Waals surface area contributed by atoms with Gasteiger partial charge < -0.3 is 4.90 Å². The van der Waals surface area contributed by atoms with Gasteiger partial charge in [-0.2, -0.15) is 0 Å². The zero-order valence-corrected chi connectivity index (χ0v) is 12.7. The van der Waals surface area contributed by atoms with Crippen LogP contribution >= 0.6 is 11.6 Å². The molecule has 19 heavy (non-hydrogen) atoms. The predicted molar refractivity (Wildman–Crippen MR) is 80.9 cm³/mol. The summed E-state index contributed by atoms with van der Waals surface area (Å²) in [6, 6.07) is 5.98. The van der Waals surface area contributed by atoms with Gasteiger partial charge in [-0.3, -0.25) is 4.79 Å². The Kier molecular flexibility index (Phi) is 3.73. The SMILES string of the molecule is CCCN1C(=CC(C)=O)C(C)(C)c2cc(Cl)ccc21. The molecule has 1 aromatic carbocycles. The van der Waals surface area contributed by atoms with Crippen molar-refractivity contribution in [3.8, 4) is 0 Å². The van der Waals surface area contributed by atoms with Crippen molar-refractivity contribution in [2.24, 2.45) is 0 Å². The summed E-state index contributed by atoms with van der Waals surface area (Å²) in [5.74, 6) is 0.0862. The van der Waals surface area contributed by atoms with Gasteiger partial charge in [0.05, 0.1) is 0 Å². The Morgan fingerprint density at radius 1 is 1.42 bits per heavy atom. The number of halogens is 1. The normalized spacial score (nSPS) is 18.8. The Morgan fingerprint density at radius 3 is 2.68 bits per heavy atom. The zero-order chi connectivity index (χ0) is 14.2. The van der Waals surface area contributed by atoms with Gasteiger partial charge >= 0.3 is 0 Å². The highest BCUT2D eigenvalue weighted by molar-refractivity contribution is 6.30. The minimum absolute atomic E-state index is 0.0862. The Labute approximate surface area is 120 Å². The molecule has 2 rings (SSSR count). The summed E-state index contributed by atoms with van der Waals surface area (Å²) in [5, 5.41) is 0.743. The molecule has 0 saturated heterocycles. The van der Waals surface area contributed by atoms with E-state index >= 15 is 0 Å². The number of nitrogens with zero attached hydrogens (tertiary/aromatic N) is 1. The number of allylic oxidation sites excluding steroid dienone is 2. The second kappa shape index (κ2) is 5.01. The molecule has 0 bridgehead atoms. The summed E-state index contributed by atoms with van der Waals surface area (Å²) in [6.45, 7) is 8.95. The number of fused-ring (bicyclic) bond motifs is 1. The molecular formula is C16H20ClNO. The molecule has 2 nitrogen and oxygen atoms in total. The van der Waals surface area contributed by atoms with Gasteiger partial charge in [0.25, 0.3) is 0 Å². The molecule has 102 valence electrons. The molecule has 0 N–H and O–H groups in total. The van der Waals surface area contributed by atoms with Gasteiger partial charge in [-0.1, -0.05) is 32.4 Å². The molecule has 1 aliphatic heterocycles. The number of carbonyl (C=O) groups excluding carboxylic acids is 1. The molecule has 0 atom stereocenters. The van der Waals surface area contributed by atoms with E-state index < -0.39 is 0 Å².